The Hall–Kier alpha value is -1.40. The molecule has 0 aliphatic rings. The summed E-state index contributed by atoms with van der Waals surface area (Å²) >= 11 is 0. The lowest BCUT2D eigenvalue weighted by Gasteiger charge is -2.22. The summed E-state index contributed by atoms with van der Waals surface area (Å²) in [5, 5.41) is 15.8. The van der Waals surface area contributed by atoms with Gasteiger partial charge in [0.25, 0.3) is 0 Å². The van der Waals surface area contributed by atoms with Crippen LogP contribution in [0.1, 0.15) is 33.0 Å². The molecule has 6 heteroatoms. The highest BCUT2D eigenvalue weighted by atomic mass is 16.5. The Labute approximate surface area is 121 Å². The Balaban J connectivity index is 2.79. The standard InChI is InChI=1S/C14H26N4O2/c1-5-6-15-11-7-12(16-9-14(2,3)10-19)18-13(17-11)8-20-4/h7,19H,5-6,8-10H2,1-4H3,(H2,15,16,17,18). The topological polar surface area (TPSA) is 79.3 Å². The molecule has 0 bridgehead atoms. The Kier molecular flexibility index (Phi) is 6.67. The van der Waals surface area contributed by atoms with Crippen molar-refractivity contribution in [3.63, 3.8) is 0 Å². The van der Waals surface area contributed by atoms with Gasteiger partial charge in [0.15, 0.2) is 5.82 Å². The van der Waals surface area contributed by atoms with Crippen molar-refractivity contribution in [2.24, 2.45) is 5.41 Å². The van der Waals surface area contributed by atoms with Crippen molar-refractivity contribution in [1.29, 1.82) is 0 Å². The van der Waals surface area contributed by atoms with Crippen molar-refractivity contribution in [2.45, 2.75) is 33.8 Å². The molecule has 1 rings (SSSR count). The molecule has 0 unspecified atom stereocenters. The highest BCUT2D eigenvalue weighted by molar-refractivity contribution is 5.47. The van der Waals surface area contributed by atoms with Crippen molar-refractivity contribution in [2.75, 3.05) is 37.4 Å². The van der Waals surface area contributed by atoms with Crippen LogP contribution in [0.15, 0.2) is 6.07 Å². The lowest BCUT2D eigenvalue weighted by atomic mass is 9.95. The molecule has 0 radical (unpaired) electrons. The van der Waals surface area contributed by atoms with E-state index in [0.29, 0.717) is 19.0 Å². The zero-order chi connectivity index (χ0) is 15.0. The van der Waals surface area contributed by atoms with E-state index in [1.807, 2.05) is 19.9 Å². The maximum atomic E-state index is 9.28. The molecule has 1 aromatic rings. The molecule has 20 heavy (non-hydrogen) atoms. The monoisotopic (exact) mass is 282 g/mol. The second-order valence-electron chi connectivity index (χ2n) is 5.59. The molecule has 0 aliphatic heterocycles. The van der Waals surface area contributed by atoms with E-state index in [9.17, 15) is 5.11 Å². The molecule has 1 aromatic heterocycles. The van der Waals surface area contributed by atoms with Crippen LogP contribution in [-0.4, -0.2) is 41.9 Å². The lowest BCUT2D eigenvalue weighted by Crippen LogP contribution is -2.27. The summed E-state index contributed by atoms with van der Waals surface area (Å²) in [6.45, 7) is 8.09. The SMILES string of the molecule is CCCNc1cc(NCC(C)(C)CO)nc(COC)n1. The normalized spacial score (nSPS) is 11.4. The van der Waals surface area contributed by atoms with Gasteiger partial charge < -0.3 is 20.5 Å². The first-order valence-electron chi connectivity index (χ1n) is 6.96. The van der Waals surface area contributed by atoms with Crippen LogP contribution < -0.4 is 10.6 Å². The van der Waals surface area contributed by atoms with E-state index in [2.05, 4.69) is 27.5 Å². The second-order valence-corrected chi connectivity index (χ2v) is 5.59. The predicted molar refractivity (Wildman–Crippen MR) is 80.9 cm³/mol. The van der Waals surface area contributed by atoms with Gasteiger partial charge in [0.05, 0.1) is 0 Å². The number of nitrogens with zero attached hydrogens (tertiary/aromatic N) is 2. The average Bonchev–Trinajstić information content (AvgIpc) is 2.43. The molecule has 0 spiro atoms. The molecule has 0 atom stereocenters. The Morgan fingerprint density at radius 3 is 2.45 bits per heavy atom. The molecule has 0 amide bonds. The molecule has 3 N–H and O–H groups in total. The largest absolute Gasteiger partial charge is 0.396 e. The van der Waals surface area contributed by atoms with Crippen molar-refractivity contribution >= 4 is 11.6 Å². The highest BCUT2D eigenvalue weighted by Gasteiger charge is 2.16. The van der Waals surface area contributed by atoms with E-state index in [4.69, 9.17) is 4.74 Å². The summed E-state index contributed by atoms with van der Waals surface area (Å²) < 4.78 is 5.09. The van der Waals surface area contributed by atoms with Gasteiger partial charge in [-0.15, -0.1) is 0 Å². The summed E-state index contributed by atoms with van der Waals surface area (Å²) in [5.74, 6) is 2.17. The third-order valence-electron chi connectivity index (χ3n) is 2.78. The summed E-state index contributed by atoms with van der Waals surface area (Å²) in [6, 6.07) is 1.88. The molecule has 0 saturated carbocycles. The minimum atomic E-state index is -0.191. The molecule has 6 nitrogen and oxygen atoms in total. The molecule has 0 saturated heterocycles. The Morgan fingerprint density at radius 2 is 1.90 bits per heavy atom. The number of hydrogen-bond acceptors (Lipinski definition) is 6. The van der Waals surface area contributed by atoms with Gasteiger partial charge in [-0.1, -0.05) is 20.8 Å². The number of aliphatic hydroxyl groups excluding tert-OH is 1. The van der Waals surface area contributed by atoms with Crippen LogP contribution in [-0.2, 0) is 11.3 Å². The maximum absolute atomic E-state index is 9.28. The minimum absolute atomic E-state index is 0.122. The summed E-state index contributed by atoms with van der Waals surface area (Å²) in [7, 11) is 1.62. The van der Waals surface area contributed by atoms with Crippen molar-refractivity contribution < 1.29 is 9.84 Å². The first kappa shape index (κ1) is 16.7. The van der Waals surface area contributed by atoms with E-state index in [-0.39, 0.29) is 12.0 Å². The fourth-order valence-electron chi connectivity index (χ4n) is 1.51. The first-order valence-corrected chi connectivity index (χ1v) is 6.96. The lowest BCUT2D eigenvalue weighted by molar-refractivity contribution is 0.170. The van der Waals surface area contributed by atoms with Gasteiger partial charge in [-0.25, -0.2) is 9.97 Å². The number of rotatable bonds is 9. The van der Waals surface area contributed by atoms with Crippen molar-refractivity contribution in [3.8, 4) is 0 Å². The van der Waals surface area contributed by atoms with Gasteiger partial charge in [0.2, 0.25) is 0 Å². The van der Waals surface area contributed by atoms with E-state index >= 15 is 0 Å². The summed E-state index contributed by atoms with van der Waals surface area (Å²) in [5.41, 5.74) is -0.191. The van der Waals surface area contributed by atoms with Gasteiger partial charge in [-0.3, -0.25) is 0 Å². The van der Waals surface area contributed by atoms with Gasteiger partial charge in [-0.2, -0.15) is 0 Å². The van der Waals surface area contributed by atoms with Crippen molar-refractivity contribution in [1.82, 2.24) is 9.97 Å². The fraction of sp³-hybridized carbons (Fsp3) is 0.714. The van der Waals surface area contributed by atoms with Crippen molar-refractivity contribution in [3.05, 3.63) is 11.9 Å². The molecule has 114 valence electrons. The smallest absolute Gasteiger partial charge is 0.158 e. The summed E-state index contributed by atoms with van der Waals surface area (Å²) in [6.07, 6.45) is 1.03. The van der Waals surface area contributed by atoms with Crippen LogP contribution >= 0.6 is 0 Å². The highest BCUT2D eigenvalue weighted by Crippen LogP contribution is 2.17. The van der Waals surface area contributed by atoms with Crippen LogP contribution in [0.25, 0.3) is 0 Å². The number of nitrogens with one attached hydrogen (secondary N) is 2. The Bertz CT molecular complexity index is 410. The van der Waals surface area contributed by atoms with E-state index in [1.165, 1.54) is 0 Å². The number of aliphatic hydroxyl groups is 1. The van der Waals surface area contributed by atoms with Crippen LogP contribution in [0.2, 0.25) is 0 Å². The predicted octanol–water partition coefficient (Wildman–Crippen LogP) is 1.88. The molecular formula is C14H26N4O2. The third kappa shape index (κ3) is 5.71. The Morgan fingerprint density at radius 1 is 1.25 bits per heavy atom. The first-order chi connectivity index (χ1) is 9.50. The number of ether oxygens (including phenoxy) is 1. The zero-order valence-corrected chi connectivity index (χ0v) is 12.9. The van der Waals surface area contributed by atoms with Gasteiger partial charge in [0, 0.05) is 38.3 Å². The zero-order valence-electron chi connectivity index (χ0n) is 12.9. The molecule has 0 aromatic carbocycles. The number of anilines is 2. The average molecular weight is 282 g/mol. The van der Waals surface area contributed by atoms with Crippen LogP contribution in [0.5, 0.6) is 0 Å². The van der Waals surface area contributed by atoms with Gasteiger partial charge >= 0.3 is 0 Å². The van der Waals surface area contributed by atoms with Crippen LogP contribution in [0.3, 0.4) is 0 Å². The molecule has 0 aliphatic carbocycles. The quantitative estimate of drug-likeness (QED) is 0.642. The molecular weight excluding hydrogens is 256 g/mol. The number of aromatic nitrogens is 2. The van der Waals surface area contributed by atoms with E-state index in [1.54, 1.807) is 7.11 Å². The second kappa shape index (κ2) is 8.01. The minimum Gasteiger partial charge on any atom is -0.396 e. The van der Waals surface area contributed by atoms with Gasteiger partial charge in [0.1, 0.15) is 18.2 Å². The maximum Gasteiger partial charge on any atom is 0.158 e. The number of hydrogen-bond donors (Lipinski definition) is 3. The third-order valence-corrected chi connectivity index (χ3v) is 2.78. The van der Waals surface area contributed by atoms with E-state index in [0.717, 1.165) is 24.6 Å². The van der Waals surface area contributed by atoms with Crippen LogP contribution in [0.4, 0.5) is 11.6 Å². The fourth-order valence-corrected chi connectivity index (χ4v) is 1.51. The molecule has 1 heterocycles. The summed E-state index contributed by atoms with van der Waals surface area (Å²) in [4.78, 5) is 8.79. The number of methoxy groups -OCH3 is 1. The van der Waals surface area contributed by atoms with Gasteiger partial charge in [-0.05, 0) is 6.42 Å². The van der Waals surface area contributed by atoms with E-state index < -0.39 is 0 Å². The molecule has 0 fully saturated rings. The van der Waals surface area contributed by atoms with Crippen LogP contribution in [0, 0.1) is 5.41 Å².